The maximum Gasteiger partial charge on any atom is 0.123 e. The van der Waals surface area contributed by atoms with Gasteiger partial charge in [0.2, 0.25) is 0 Å². The summed E-state index contributed by atoms with van der Waals surface area (Å²) in [5.41, 5.74) is 3.16. The zero-order valence-corrected chi connectivity index (χ0v) is 12.1. The predicted octanol–water partition coefficient (Wildman–Crippen LogP) is 4.10. The Bertz CT molecular complexity index is 657. The fourth-order valence-corrected chi connectivity index (χ4v) is 2.41. The van der Waals surface area contributed by atoms with Gasteiger partial charge in [0.25, 0.3) is 0 Å². The predicted molar refractivity (Wildman–Crippen MR) is 85.8 cm³/mol. The van der Waals surface area contributed by atoms with Gasteiger partial charge in [-0.25, -0.2) is 4.39 Å². The third-order valence-corrected chi connectivity index (χ3v) is 3.54. The van der Waals surface area contributed by atoms with E-state index in [9.17, 15) is 4.39 Å². The zero-order chi connectivity index (χ0) is 15.2. The van der Waals surface area contributed by atoms with E-state index in [2.05, 4.69) is 22.4 Å². The Labute approximate surface area is 129 Å². The van der Waals surface area contributed by atoms with Crippen molar-refractivity contribution in [1.29, 1.82) is 0 Å². The molecule has 0 bridgehead atoms. The van der Waals surface area contributed by atoms with Gasteiger partial charge in [0.1, 0.15) is 5.82 Å². The molecule has 2 aromatic carbocycles. The van der Waals surface area contributed by atoms with Crippen molar-refractivity contribution in [2.75, 3.05) is 0 Å². The Kier molecular flexibility index (Phi) is 4.56. The van der Waals surface area contributed by atoms with Crippen molar-refractivity contribution in [3.63, 3.8) is 0 Å². The first-order valence-corrected chi connectivity index (χ1v) is 7.26. The van der Waals surface area contributed by atoms with Crippen LogP contribution in [0.4, 0.5) is 4.39 Å². The standard InChI is InChI=1S/C19H17FN2/c20-17-11-9-15(10-12-17)14-22-19(16-6-2-1-3-7-16)18-8-4-5-13-21-18/h1-13,19,22H,14H2. The molecule has 0 amide bonds. The van der Waals surface area contributed by atoms with Gasteiger partial charge < -0.3 is 5.32 Å². The molecule has 1 aromatic heterocycles. The summed E-state index contributed by atoms with van der Waals surface area (Å²) in [6, 6.07) is 22.7. The van der Waals surface area contributed by atoms with Crippen LogP contribution in [-0.2, 0) is 6.54 Å². The van der Waals surface area contributed by atoms with Crippen molar-refractivity contribution in [3.05, 3.63) is 102 Å². The quantitative estimate of drug-likeness (QED) is 0.766. The van der Waals surface area contributed by atoms with Crippen LogP contribution in [0.15, 0.2) is 79.0 Å². The second kappa shape index (κ2) is 6.96. The van der Waals surface area contributed by atoms with Crippen LogP contribution in [0.1, 0.15) is 22.9 Å². The second-order valence-electron chi connectivity index (χ2n) is 5.11. The first kappa shape index (κ1) is 14.4. The van der Waals surface area contributed by atoms with E-state index in [0.717, 1.165) is 16.8 Å². The minimum atomic E-state index is -0.215. The number of rotatable bonds is 5. The molecule has 110 valence electrons. The van der Waals surface area contributed by atoms with Gasteiger partial charge in [-0.3, -0.25) is 4.98 Å². The Morgan fingerprint density at radius 2 is 1.59 bits per heavy atom. The minimum absolute atomic E-state index is 0.00690. The molecule has 1 unspecified atom stereocenters. The number of benzene rings is 2. The molecule has 0 spiro atoms. The average Bonchev–Trinajstić information content (AvgIpc) is 2.59. The fourth-order valence-electron chi connectivity index (χ4n) is 2.41. The highest BCUT2D eigenvalue weighted by molar-refractivity contribution is 5.28. The van der Waals surface area contributed by atoms with Crippen molar-refractivity contribution in [2.24, 2.45) is 0 Å². The minimum Gasteiger partial charge on any atom is -0.301 e. The van der Waals surface area contributed by atoms with Crippen molar-refractivity contribution < 1.29 is 4.39 Å². The molecule has 3 rings (SSSR count). The van der Waals surface area contributed by atoms with Crippen LogP contribution in [-0.4, -0.2) is 4.98 Å². The summed E-state index contributed by atoms with van der Waals surface area (Å²) in [4.78, 5) is 4.46. The average molecular weight is 292 g/mol. The maximum absolute atomic E-state index is 13.0. The van der Waals surface area contributed by atoms with Crippen molar-refractivity contribution >= 4 is 0 Å². The SMILES string of the molecule is Fc1ccc(CNC(c2ccccc2)c2ccccn2)cc1. The third-order valence-electron chi connectivity index (χ3n) is 3.54. The lowest BCUT2D eigenvalue weighted by Crippen LogP contribution is -2.22. The summed E-state index contributed by atoms with van der Waals surface area (Å²) in [5.74, 6) is -0.215. The van der Waals surface area contributed by atoms with Gasteiger partial charge in [-0.2, -0.15) is 0 Å². The van der Waals surface area contributed by atoms with Crippen LogP contribution < -0.4 is 5.32 Å². The van der Waals surface area contributed by atoms with Crippen molar-refractivity contribution in [2.45, 2.75) is 12.6 Å². The lowest BCUT2D eigenvalue weighted by Gasteiger charge is -2.19. The highest BCUT2D eigenvalue weighted by Crippen LogP contribution is 2.20. The lowest BCUT2D eigenvalue weighted by atomic mass is 10.0. The van der Waals surface area contributed by atoms with Gasteiger partial charge in [-0.05, 0) is 35.4 Å². The van der Waals surface area contributed by atoms with E-state index in [1.54, 1.807) is 18.3 Å². The number of pyridine rings is 1. The molecule has 0 radical (unpaired) electrons. The number of halogens is 1. The number of hydrogen-bond acceptors (Lipinski definition) is 2. The van der Waals surface area contributed by atoms with Crippen molar-refractivity contribution in [3.8, 4) is 0 Å². The summed E-state index contributed by atoms with van der Waals surface area (Å²) in [5, 5.41) is 3.50. The number of nitrogens with one attached hydrogen (secondary N) is 1. The van der Waals surface area contributed by atoms with E-state index < -0.39 is 0 Å². The molecule has 0 aliphatic carbocycles. The Morgan fingerprint density at radius 1 is 0.864 bits per heavy atom. The van der Waals surface area contributed by atoms with Crippen LogP contribution in [0.5, 0.6) is 0 Å². The topological polar surface area (TPSA) is 24.9 Å². The summed E-state index contributed by atoms with van der Waals surface area (Å²) in [6.07, 6.45) is 1.80. The largest absolute Gasteiger partial charge is 0.301 e. The fraction of sp³-hybridized carbons (Fsp3) is 0.105. The highest BCUT2D eigenvalue weighted by atomic mass is 19.1. The molecule has 1 N–H and O–H groups in total. The summed E-state index contributed by atoms with van der Waals surface area (Å²) >= 11 is 0. The van der Waals surface area contributed by atoms with Crippen LogP contribution in [0, 0.1) is 5.82 Å². The van der Waals surface area contributed by atoms with E-state index in [1.807, 2.05) is 36.4 Å². The molecule has 0 saturated carbocycles. The summed E-state index contributed by atoms with van der Waals surface area (Å²) < 4.78 is 13.0. The van der Waals surface area contributed by atoms with Crippen LogP contribution in [0.3, 0.4) is 0 Å². The van der Waals surface area contributed by atoms with Crippen molar-refractivity contribution in [1.82, 2.24) is 10.3 Å². The molecule has 3 aromatic rings. The number of aromatic nitrogens is 1. The highest BCUT2D eigenvalue weighted by Gasteiger charge is 2.14. The van der Waals surface area contributed by atoms with E-state index in [-0.39, 0.29) is 11.9 Å². The molecular weight excluding hydrogens is 275 g/mol. The van der Waals surface area contributed by atoms with Gasteiger partial charge in [0.05, 0.1) is 11.7 Å². The Hall–Kier alpha value is -2.52. The van der Waals surface area contributed by atoms with E-state index in [0.29, 0.717) is 6.54 Å². The molecule has 2 nitrogen and oxygen atoms in total. The zero-order valence-electron chi connectivity index (χ0n) is 12.1. The third kappa shape index (κ3) is 3.57. The van der Waals surface area contributed by atoms with Crippen LogP contribution >= 0.6 is 0 Å². The normalized spacial score (nSPS) is 12.0. The molecular formula is C19H17FN2. The van der Waals surface area contributed by atoms with Gasteiger partial charge in [0, 0.05) is 12.7 Å². The van der Waals surface area contributed by atoms with Gasteiger partial charge in [0.15, 0.2) is 0 Å². The van der Waals surface area contributed by atoms with Crippen LogP contribution in [0.25, 0.3) is 0 Å². The van der Waals surface area contributed by atoms with E-state index in [1.165, 1.54) is 12.1 Å². The Balaban J connectivity index is 1.81. The molecule has 0 fully saturated rings. The number of nitrogens with zero attached hydrogens (tertiary/aromatic N) is 1. The monoisotopic (exact) mass is 292 g/mol. The van der Waals surface area contributed by atoms with Gasteiger partial charge in [-0.1, -0.05) is 48.5 Å². The smallest absolute Gasteiger partial charge is 0.123 e. The molecule has 1 heterocycles. The molecule has 3 heteroatoms. The van der Waals surface area contributed by atoms with Crippen LogP contribution in [0.2, 0.25) is 0 Å². The molecule has 0 saturated heterocycles. The first-order valence-electron chi connectivity index (χ1n) is 7.26. The maximum atomic E-state index is 13.0. The molecule has 0 aliphatic rings. The van der Waals surface area contributed by atoms with E-state index in [4.69, 9.17) is 0 Å². The molecule has 1 atom stereocenters. The molecule has 22 heavy (non-hydrogen) atoms. The molecule has 0 aliphatic heterocycles. The van der Waals surface area contributed by atoms with E-state index >= 15 is 0 Å². The summed E-state index contributed by atoms with van der Waals surface area (Å²) in [6.45, 7) is 0.649. The Morgan fingerprint density at radius 3 is 2.27 bits per heavy atom. The van der Waals surface area contributed by atoms with Gasteiger partial charge >= 0.3 is 0 Å². The second-order valence-corrected chi connectivity index (χ2v) is 5.11. The summed E-state index contributed by atoms with van der Waals surface area (Å²) in [7, 11) is 0. The first-order chi connectivity index (χ1) is 10.8. The van der Waals surface area contributed by atoms with Gasteiger partial charge in [-0.15, -0.1) is 0 Å². The number of hydrogen-bond donors (Lipinski definition) is 1. The lowest BCUT2D eigenvalue weighted by molar-refractivity contribution is 0.589.